The van der Waals surface area contributed by atoms with Crippen LogP contribution in [0.2, 0.25) is 0 Å². The molecule has 4 nitrogen and oxygen atoms in total. The molecule has 0 aromatic heterocycles. The average Bonchev–Trinajstić information content (AvgIpc) is 2.97. The molecule has 2 bridgehead atoms. The standard InChI is InChI=1S/C20H24O4/c1-12-5-4-6-15-11-16(23-20(15)22)9-13(2)10-18-17(8-7-12)14(3)19(21)24-18/h5,10-11,16-18H,3-4,6-9H2,1-2H3/b12-5+,13-10-/t16-,17-,18+/m0/s1. The normalized spacial score (nSPS) is 35.7. The molecule has 3 atom stereocenters. The Kier molecular flexibility index (Phi) is 4.74. The van der Waals surface area contributed by atoms with Gasteiger partial charge < -0.3 is 9.47 Å². The van der Waals surface area contributed by atoms with Crippen molar-refractivity contribution >= 4 is 11.9 Å². The lowest BCUT2D eigenvalue weighted by Gasteiger charge is -2.16. The van der Waals surface area contributed by atoms with Crippen LogP contribution < -0.4 is 0 Å². The summed E-state index contributed by atoms with van der Waals surface area (Å²) in [5.41, 5.74) is 3.67. The Hall–Kier alpha value is -2.10. The maximum atomic E-state index is 11.9. The number of rotatable bonds is 0. The van der Waals surface area contributed by atoms with Gasteiger partial charge in [-0.25, -0.2) is 9.59 Å². The van der Waals surface area contributed by atoms with Crippen LogP contribution in [-0.2, 0) is 19.1 Å². The lowest BCUT2D eigenvalue weighted by atomic mass is 9.89. The Balaban J connectivity index is 1.86. The molecule has 0 aromatic carbocycles. The average molecular weight is 328 g/mol. The number of allylic oxidation sites excluding steroid dienone is 2. The maximum absolute atomic E-state index is 11.9. The topological polar surface area (TPSA) is 52.6 Å². The lowest BCUT2D eigenvalue weighted by molar-refractivity contribution is -0.139. The molecule has 0 unspecified atom stereocenters. The van der Waals surface area contributed by atoms with Crippen LogP contribution in [0.1, 0.15) is 46.0 Å². The zero-order valence-electron chi connectivity index (χ0n) is 14.3. The third kappa shape index (κ3) is 3.53. The van der Waals surface area contributed by atoms with Crippen molar-refractivity contribution in [3.8, 4) is 0 Å². The van der Waals surface area contributed by atoms with Crippen LogP contribution in [-0.4, -0.2) is 24.1 Å². The number of ether oxygens (including phenoxy) is 2. The number of carbonyl (C=O) groups is 2. The number of fused-ring (bicyclic) bond motifs is 2. The van der Waals surface area contributed by atoms with E-state index in [0.29, 0.717) is 12.0 Å². The fourth-order valence-corrected chi connectivity index (χ4v) is 3.57. The Bertz CT molecular complexity index is 665. The molecule has 0 radical (unpaired) electrons. The third-order valence-electron chi connectivity index (χ3n) is 4.99. The van der Waals surface area contributed by atoms with Crippen LogP contribution in [0.4, 0.5) is 0 Å². The molecule has 1 fully saturated rings. The minimum absolute atomic E-state index is 0.0240. The van der Waals surface area contributed by atoms with E-state index in [2.05, 4.69) is 19.6 Å². The van der Waals surface area contributed by atoms with Crippen LogP contribution in [0.5, 0.6) is 0 Å². The molecule has 128 valence electrons. The van der Waals surface area contributed by atoms with Gasteiger partial charge in [0, 0.05) is 23.5 Å². The molecule has 1 aliphatic carbocycles. The van der Waals surface area contributed by atoms with Gasteiger partial charge in [-0.3, -0.25) is 0 Å². The van der Waals surface area contributed by atoms with E-state index in [4.69, 9.17) is 9.47 Å². The largest absolute Gasteiger partial charge is 0.454 e. The highest BCUT2D eigenvalue weighted by atomic mass is 16.6. The summed E-state index contributed by atoms with van der Waals surface area (Å²) >= 11 is 0. The summed E-state index contributed by atoms with van der Waals surface area (Å²) in [6, 6.07) is 0. The number of hydrogen-bond donors (Lipinski definition) is 0. The summed E-state index contributed by atoms with van der Waals surface area (Å²) in [4.78, 5) is 23.8. The van der Waals surface area contributed by atoms with Gasteiger partial charge >= 0.3 is 11.9 Å². The number of carbonyl (C=O) groups excluding carboxylic acids is 2. The smallest absolute Gasteiger partial charge is 0.334 e. The zero-order chi connectivity index (χ0) is 17.3. The van der Waals surface area contributed by atoms with E-state index in [1.54, 1.807) is 0 Å². The molecule has 0 spiro atoms. The van der Waals surface area contributed by atoms with E-state index in [0.717, 1.165) is 36.8 Å². The van der Waals surface area contributed by atoms with Gasteiger partial charge in [-0.1, -0.05) is 23.8 Å². The first-order valence-corrected chi connectivity index (χ1v) is 8.58. The zero-order valence-corrected chi connectivity index (χ0v) is 14.3. The van der Waals surface area contributed by atoms with Gasteiger partial charge in [0.05, 0.1) is 0 Å². The van der Waals surface area contributed by atoms with E-state index in [-0.39, 0.29) is 30.1 Å². The summed E-state index contributed by atoms with van der Waals surface area (Å²) in [6.45, 7) is 8.00. The van der Waals surface area contributed by atoms with Gasteiger partial charge in [0.1, 0.15) is 12.2 Å². The summed E-state index contributed by atoms with van der Waals surface area (Å²) in [5, 5.41) is 0. The molecule has 0 saturated carbocycles. The molecule has 0 amide bonds. The quantitative estimate of drug-likeness (QED) is 0.386. The molecule has 2 heterocycles. The minimum atomic E-state index is -0.297. The van der Waals surface area contributed by atoms with Crippen molar-refractivity contribution in [1.29, 1.82) is 0 Å². The monoisotopic (exact) mass is 328 g/mol. The Morgan fingerprint density at radius 1 is 1.04 bits per heavy atom. The summed E-state index contributed by atoms with van der Waals surface area (Å²) < 4.78 is 10.9. The molecule has 1 saturated heterocycles. The highest BCUT2D eigenvalue weighted by molar-refractivity contribution is 5.91. The van der Waals surface area contributed by atoms with E-state index in [1.807, 2.05) is 19.1 Å². The van der Waals surface area contributed by atoms with Crippen molar-refractivity contribution in [3.05, 3.63) is 47.1 Å². The van der Waals surface area contributed by atoms with Crippen molar-refractivity contribution in [3.63, 3.8) is 0 Å². The van der Waals surface area contributed by atoms with Gasteiger partial charge in [-0.15, -0.1) is 0 Å². The van der Waals surface area contributed by atoms with E-state index in [9.17, 15) is 9.59 Å². The first kappa shape index (κ1) is 16.7. The molecular formula is C20H24O4. The van der Waals surface area contributed by atoms with E-state index >= 15 is 0 Å². The van der Waals surface area contributed by atoms with Gasteiger partial charge in [0.25, 0.3) is 0 Å². The molecule has 3 rings (SSSR count). The number of esters is 2. The second-order valence-corrected chi connectivity index (χ2v) is 6.98. The molecule has 4 heteroatoms. The van der Waals surface area contributed by atoms with Crippen LogP contribution in [0.15, 0.2) is 47.1 Å². The SMILES string of the molecule is C=C1C(=O)O[C@@H]2/C=C(/C)C[C@H]3C=C(CC/C=C(\C)CC[C@@H]12)C(=O)O3. The summed E-state index contributed by atoms with van der Waals surface area (Å²) in [6.07, 6.45) is 9.56. The van der Waals surface area contributed by atoms with Crippen molar-refractivity contribution in [2.24, 2.45) is 5.92 Å². The predicted octanol–water partition coefficient (Wildman–Crippen LogP) is 3.79. The van der Waals surface area contributed by atoms with Gasteiger partial charge in [-0.05, 0) is 51.7 Å². The van der Waals surface area contributed by atoms with Crippen molar-refractivity contribution in [2.45, 2.75) is 58.2 Å². The van der Waals surface area contributed by atoms with Gasteiger partial charge in [-0.2, -0.15) is 0 Å². The van der Waals surface area contributed by atoms with Crippen LogP contribution >= 0.6 is 0 Å². The molecule has 2 aliphatic heterocycles. The lowest BCUT2D eigenvalue weighted by Crippen LogP contribution is -2.16. The van der Waals surface area contributed by atoms with Crippen molar-refractivity contribution in [1.82, 2.24) is 0 Å². The second kappa shape index (κ2) is 6.80. The Morgan fingerprint density at radius 2 is 1.83 bits per heavy atom. The molecule has 24 heavy (non-hydrogen) atoms. The van der Waals surface area contributed by atoms with E-state index in [1.165, 1.54) is 5.57 Å². The first-order chi connectivity index (χ1) is 11.4. The van der Waals surface area contributed by atoms with Crippen LogP contribution in [0, 0.1) is 5.92 Å². The number of hydrogen-bond acceptors (Lipinski definition) is 4. The summed E-state index contributed by atoms with van der Waals surface area (Å²) in [7, 11) is 0. The molecular weight excluding hydrogens is 304 g/mol. The van der Waals surface area contributed by atoms with Crippen molar-refractivity contribution in [2.75, 3.05) is 0 Å². The minimum Gasteiger partial charge on any atom is -0.454 e. The highest BCUT2D eigenvalue weighted by Gasteiger charge is 2.37. The fraction of sp³-hybridized carbons (Fsp3) is 0.500. The van der Waals surface area contributed by atoms with E-state index < -0.39 is 0 Å². The third-order valence-corrected chi connectivity index (χ3v) is 4.99. The molecule has 0 aromatic rings. The second-order valence-electron chi connectivity index (χ2n) is 6.98. The molecule has 0 N–H and O–H groups in total. The molecule has 3 aliphatic rings. The highest BCUT2D eigenvalue weighted by Crippen LogP contribution is 2.34. The maximum Gasteiger partial charge on any atom is 0.334 e. The van der Waals surface area contributed by atoms with Gasteiger partial charge in [0.15, 0.2) is 0 Å². The predicted molar refractivity (Wildman–Crippen MR) is 91.1 cm³/mol. The van der Waals surface area contributed by atoms with Crippen LogP contribution in [0.3, 0.4) is 0 Å². The van der Waals surface area contributed by atoms with Gasteiger partial charge in [0.2, 0.25) is 0 Å². The van der Waals surface area contributed by atoms with Crippen LogP contribution in [0.25, 0.3) is 0 Å². The summed E-state index contributed by atoms with van der Waals surface area (Å²) in [5.74, 6) is -0.474. The van der Waals surface area contributed by atoms with Crippen molar-refractivity contribution < 1.29 is 19.1 Å². The fourth-order valence-electron chi connectivity index (χ4n) is 3.57. The first-order valence-electron chi connectivity index (χ1n) is 8.58. The Labute approximate surface area is 142 Å². The Morgan fingerprint density at radius 3 is 2.62 bits per heavy atom.